The number of hydrazone groups is 1. The predicted molar refractivity (Wildman–Crippen MR) is 73.7 cm³/mol. The van der Waals surface area contributed by atoms with Gasteiger partial charge in [-0.15, -0.1) is 0 Å². The van der Waals surface area contributed by atoms with Crippen molar-refractivity contribution in [2.75, 3.05) is 0 Å². The molecule has 1 aromatic carbocycles. The molecule has 9 nitrogen and oxygen atoms in total. The van der Waals surface area contributed by atoms with Gasteiger partial charge < -0.3 is 5.11 Å². The summed E-state index contributed by atoms with van der Waals surface area (Å²) in [4.78, 5) is 33.6. The number of benzene rings is 1. The molecule has 0 aromatic heterocycles. The molecular weight excluding hydrogens is 292 g/mol. The number of nitro groups is 1. The third kappa shape index (κ3) is 2.21. The highest BCUT2D eigenvalue weighted by Gasteiger charge is 2.39. The van der Waals surface area contributed by atoms with Crippen LogP contribution in [0.4, 0.5) is 5.69 Å². The first-order valence-electron chi connectivity index (χ1n) is 6.60. The Morgan fingerprint density at radius 3 is 2.86 bits per heavy atom. The summed E-state index contributed by atoms with van der Waals surface area (Å²) < 4.78 is 0. The van der Waals surface area contributed by atoms with Gasteiger partial charge in [0.2, 0.25) is 5.91 Å². The van der Waals surface area contributed by atoms with E-state index in [4.69, 9.17) is 0 Å². The van der Waals surface area contributed by atoms with E-state index in [2.05, 4.69) is 10.4 Å². The highest BCUT2D eigenvalue weighted by Crippen LogP contribution is 2.35. The molecule has 9 heteroatoms. The maximum absolute atomic E-state index is 11.9. The van der Waals surface area contributed by atoms with Gasteiger partial charge in [-0.05, 0) is 6.42 Å². The van der Waals surface area contributed by atoms with E-state index in [1.165, 1.54) is 18.3 Å². The lowest BCUT2D eigenvalue weighted by Crippen LogP contribution is -2.52. The number of hydrogen-bond acceptors (Lipinski definition) is 7. The summed E-state index contributed by atoms with van der Waals surface area (Å²) in [6.45, 7) is 0. The number of fused-ring (bicyclic) bond motifs is 1. The fourth-order valence-corrected chi connectivity index (χ4v) is 2.63. The van der Waals surface area contributed by atoms with E-state index < -0.39 is 23.1 Å². The van der Waals surface area contributed by atoms with E-state index in [9.17, 15) is 24.8 Å². The van der Waals surface area contributed by atoms with Gasteiger partial charge >= 0.3 is 0 Å². The van der Waals surface area contributed by atoms with Crippen molar-refractivity contribution in [1.29, 1.82) is 0 Å². The normalized spacial score (nSPS) is 24.0. The number of amides is 2. The summed E-state index contributed by atoms with van der Waals surface area (Å²) in [6, 6.07) is 3.52. The molecule has 1 saturated heterocycles. The number of carbonyl (C=O) groups excluding carboxylic acids is 2. The molecule has 0 radical (unpaired) electrons. The molecule has 0 spiro atoms. The van der Waals surface area contributed by atoms with Gasteiger partial charge in [-0.2, -0.15) is 5.10 Å². The van der Waals surface area contributed by atoms with Crippen LogP contribution < -0.4 is 5.32 Å². The predicted octanol–water partition coefficient (Wildman–Crippen LogP) is 0.0404. The van der Waals surface area contributed by atoms with Gasteiger partial charge in [0.25, 0.3) is 11.6 Å². The van der Waals surface area contributed by atoms with Gasteiger partial charge in [0.15, 0.2) is 6.23 Å². The van der Waals surface area contributed by atoms with Gasteiger partial charge in [-0.3, -0.25) is 30.0 Å². The van der Waals surface area contributed by atoms with Crippen molar-refractivity contribution in [3.63, 3.8) is 0 Å². The van der Waals surface area contributed by atoms with Crippen molar-refractivity contribution in [2.24, 2.45) is 5.10 Å². The second-order valence-corrected chi connectivity index (χ2v) is 5.00. The lowest BCUT2D eigenvalue weighted by Gasteiger charge is -2.36. The molecule has 1 aromatic rings. The number of rotatable bonds is 2. The van der Waals surface area contributed by atoms with Crippen molar-refractivity contribution < 1.29 is 19.6 Å². The average Bonchev–Trinajstić information content (AvgIpc) is 2.48. The van der Waals surface area contributed by atoms with Crippen molar-refractivity contribution in [2.45, 2.75) is 25.1 Å². The minimum Gasteiger partial charge on any atom is -0.368 e. The molecular formula is C13H12N4O5. The van der Waals surface area contributed by atoms with Crippen LogP contribution in [0.15, 0.2) is 23.3 Å². The van der Waals surface area contributed by atoms with Gasteiger partial charge in [0.1, 0.15) is 6.04 Å². The molecule has 1 fully saturated rings. The standard InChI is InChI=1S/C13H12N4O5/c18-10-5-4-9(12(19)15-10)16-13(20)11-7(6-14-16)2-1-3-8(11)17(21)22/h1-3,6,9,13,20H,4-5H2,(H,15,18,19). The first kappa shape index (κ1) is 14.1. The van der Waals surface area contributed by atoms with Crippen LogP contribution in [0, 0.1) is 10.1 Å². The van der Waals surface area contributed by atoms with E-state index in [-0.39, 0.29) is 30.0 Å². The molecule has 0 bridgehead atoms. The largest absolute Gasteiger partial charge is 0.368 e. The van der Waals surface area contributed by atoms with Gasteiger partial charge in [0.05, 0.1) is 16.7 Å². The van der Waals surface area contributed by atoms with Gasteiger partial charge in [-0.25, -0.2) is 0 Å². The third-order valence-electron chi connectivity index (χ3n) is 3.68. The van der Waals surface area contributed by atoms with Crippen LogP contribution in [0.25, 0.3) is 0 Å². The van der Waals surface area contributed by atoms with Crippen molar-refractivity contribution >= 4 is 23.7 Å². The quantitative estimate of drug-likeness (QED) is 0.451. The lowest BCUT2D eigenvalue weighted by molar-refractivity contribution is -0.386. The Morgan fingerprint density at radius 1 is 1.41 bits per heavy atom. The van der Waals surface area contributed by atoms with Gasteiger partial charge in [0, 0.05) is 18.1 Å². The minimum absolute atomic E-state index is 0.0900. The van der Waals surface area contributed by atoms with Crippen molar-refractivity contribution in [3.05, 3.63) is 39.4 Å². The maximum Gasteiger partial charge on any atom is 0.277 e. The Balaban J connectivity index is 1.97. The number of piperidine rings is 1. The summed E-state index contributed by atoms with van der Waals surface area (Å²) in [7, 11) is 0. The first-order valence-corrected chi connectivity index (χ1v) is 6.60. The van der Waals surface area contributed by atoms with Crippen LogP contribution in [-0.4, -0.2) is 39.1 Å². The highest BCUT2D eigenvalue weighted by atomic mass is 16.6. The summed E-state index contributed by atoms with van der Waals surface area (Å²) in [5, 5.41) is 28.8. The molecule has 2 aliphatic rings. The SMILES string of the molecule is O=C1CCC(N2N=Cc3cccc([N+](=O)[O-])c3C2O)C(=O)N1. The average molecular weight is 304 g/mol. The number of nitrogens with zero attached hydrogens (tertiary/aromatic N) is 3. The minimum atomic E-state index is -1.43. The Morgan fingerprint density at radius 2 is 2.18 bits per heavy atom. The fourth-order valence-electron chi connectivity index (χ4n) is 2.63. The topological polar surface area (TPSA) is 125 Å². The van der Waals surface area contributed by atoms with Crippen LogP contribution in [0.3, 0.4) is 0 Å². The molecule has 2 N–H and O–H groups in total. The van der Waals surface area contributed by atoms with Crippen LogP contribution >= 0.6 is 0 Å². The lowest BCUT2D eigenvalue weighted by atomic mass is 10.00. The summed E-state index contributed by atoms with van der Waals surface area (Å²) >= 11 is 0. The number of aliphatic hydroxyl groups excluding tert-OH is 1. The Bertz CT molecular complexity index is 702. The molecule has 3 rings (SSSR count). The second kappa shape index (κ2) is 5.19. The summed E-state index contributed by atoms with van der Waals surface area (Å²) in [6.07, 6.45) is 0.248. The van der Waals surface area contributed by atoms with Crippen molar-refractivity contribution in [3.8, 4) is 0 Å². The monoisotopic (exact) mass is 304 g/mol. The number of aliphatic hydroxyl groups is 1. The van der Waals surface area contributed by atoms with Crippen LogP contribution in [0.2, 0.25) is 0 Å². The fraction of sp³-hybridized carbons (Fsp3) is 0.308. The second-order valence-electron chi connectivity index (χ2n) is 5.00. The highest BCUT2D eigenvalue weighted by molar-refractivity contribution is 6.00. The number of hydrogen-bond donors (Lipinski definition) is 2. The number of nitro benzene ring substituents is 1. The molecule has 114 valence electrons. The van der Waals surface area contributed by atoms with Crippen molar-refractivity contribution in [1.82, 2.24) is 10.3 Å². The summed E-state index contributed by atoms with van der Waals surface area (Å²) in [5.41, 5.74) is 0.269. The van der Waals surface area contributed by atoms with E-state index in [0.717, 1.165) is 5.01 Å². The molecule has 2 atom stereocenters. The third-order valence-corrected chi connectivity index (χ3v) is 3.68. The first-order chi connectivity index (χ1) is 10.5. The van der Waals surface area contributed by atoms with Crippen LogP contribution in [-0.2, 0) is 9.59 Å². The molecule has 22 heavy (non-hydrogen) atoms. The number of imide groups is 1. The van der Waals surface area contributed by atoms with Crippen LogP contribution in [0.1, 0.15) is 30.2 Å². The Hall–Kier alpha value is -2.81. The Kier molecular flexibility index (Phi) is 3.33. The van der Waals surface area contributed by atoms with E-state index in [0.29, 0.717) is 5.56 Å². The zero-order valence-electron chi connectivity index (χ0n) is 11.3. The summed E-state index contributed by atoms with van der Waals surface area (Å²) in [5.74, 6) is -0.961. The molecule has 0 saturated carbocycles. The smallest absolute Gasteiger partial charge is 0.277 e. The van der Waals surface area contributed by atoms with E-state index >= 15 is 0 Å². The number of carbonyl (C=O) groups is 2. The molecule has 0 aliphatic carbocycles. The number of nitrogens with one attached hydrogen (secondary N) is 1. The molecule has 2 unspecified atom stereocenters. The molecule has 2 aliphatic heterocycles. The molecule has 2 amide bonds. The zero-order chi connectivity index (χ0) is 15.9. The Labute approximate surface area is 124 Å². The van der Waals surface area contributed by atoms with Gasteiger partial charge in [-0.1, -0.05) is 12.1 Å². The van der Waals surface area contributed by atoms with Crippen LogP contribution in [0.5, 0.6) is 0 Å². The maximum atomic E-state index is 11.9. The van der Waals surface area contributed by atoms with E-state index in [1.54, 1.807) is 6.07 Å². The molecule has 2 heterocycles. The zero-order valence-corrected chi connectivity index (χ0v) is 11.3. The van der Waals surface area contributed by atoms with E-state index in [1.807, 2.05) is 0 Å².